The largest absolute Gasteiger partial charge is 0.335 e. The molecule has 2 aromatic carbocycles. The monoisotopic (exact) mass is 351 g/mol. The molecule has 0 aliphatic carbocycles. The Bertz CT molecular complexity index is 799. The number of hydrogen-bond donors (Lipinski definition) is 0. The lowest BCUT2D eigenvalue weighted by molar-refractivity contribution is 0.0742. The summed E-state index contributed by atoms with van der Waals surface area (Å²) in [6.45, 7) is 1.92. The molecule has 0 radical (unpaired) electrons. The number of nitrogens with zero attached hydrogens (tertiary/aromatic N) is 1. The highest BCUT2D eigenvalue weighted by Crippen LogP contribution is 2.22. The van der Waals surface area contributed by atoms with Crippen LogP contribution in [0.25, 0.3) is 0 Å². The van der Waals surface area contributed by atoms with E-state index in [0.29, 0.717) is 10.6 Å². The number of amides is 1. The lowest BCUT2D eigenvalue weighted by atomic mass is 10.1. The summed E-state index contributed by atoms with van der Waals surface area (Å²) in [4.78, 5) is 14.3. The molecule has 0 heterocycles. The highest BCUT2D eigenvalue weighted by atomic mass is 35.5. The van der Waals surface area contributed by atoms with Gasteiger partial charge in [0.15, 0.2) is 9.84 Å². The zero-order valence-corrected chi connectivity index (χ0v) is 14.7. The van der Waals surface area contributed by atoms with E-state index in [1.807, 2.05) is 19.1 Å². The Morgan fingerprint density at radius 3 is 2.04 bits per heavy atom. The molecule has 0 fully saturated rings. The Morgan fingerprint density at radius 1 is 1.04 bits per heavy atom. The summed E-state index contributed by atoms with van der Waals surface area (Å²) in [7, 11) is -1.55. The van der Waals surface area contributed by atoms with Crippen LogP contribution in [0.15, 0.2) is 53.4 Å². The molecule has 0 aliphatic heterocycles. The third kappa shape index (κ3) is 4.12. The first-order valence-electron chi connectivity index (χ1n) is 7.03. The van der Waals surface area contributed by atoms with Crippen LogP contribution in [0.2, 0.25) is 5.02 Å². The zero-order chi connectivity index (χ0) is 17.2. The van der Waals surface area contributed by atoms with E-state index in [4.69, 9.17) is 11.6 Å². The predicted molar refractivity (Wildman–Crippen MR) is 91.5 cm³/mol. The fourth-order valence-electron chi connectivity index (χ4n) is 2.19. The summed E-state index contributed by atoms with van der Waals surface area (Å²) in [6, 6.07) is 13.2. The van der Waals surface area contributed by atoms with Crippen LogP contribution < -0.4 is 0 Å². The number of rotatable bonds is 4. The van der Waals surface area contributed by atoms with Crippen LogP contribution >= 0.6 is 11.6 Å². The van der Waals surface area contributed by atoms with E-state index in [-0.39, 0.29) is 16.8 Å². The van der Waals surface area contributed by atoms with Crippen LogP contribution in [0, 0.1) is 0 Å². The lowest BCUT2D eigenvalue weighted by Gasteiger charge is -2.25. The summed E-state index contributed by atoms with van der Waals surface area (Å²) in [5.74, 6) is -0.174. The molecule has 122 valence electrons. The Morgan fingerprint density at radius 2 is 1.57 bits per heavy atom. The molecule has 0 aliphatic rings. The number of carbonyl (C=O) groups is 1. The molecular formula is C17H18ClNO3S. The highest BCUT2D eigenvalue weighted by Gasteiger charge is 2.19. The molecule has 6 heteroatoms. The van der Waals surface area contributed by atoms with Crippen LogP contribution in [0.1, 0.15) is 28.9 Å². The average molecular weight is 352 g/mol. The SMILES string of the molecule is C[C@H](c1ccc(Cl)cc1)N(C)C(=O)c1ccc(S(C)(=O)=O)cc1. The van der Waals surface area contributed by atoms with Crippen molar-refractivity contribution in [2.75, 3.05) is 13.3 Å². The van der Waals surface area contributed by atoms with Gasteiger partial charge in [0.25, 0.3) is 5.91 Å². The molecule has 4 nitrogen and oxygen atoms in total. The smallest absolute Gasteiger partial charge is 0.254 e. The molecule has 23 heavy (non-hydrogen) atoms. The quantitative estimate of drug-likeness (QED) is 0.846. The van der Waals surface area contributed by atoms with Crippen LogP contribution in [-0.4, -0.2) is 32.5 Å². The predicted octanol–water partition coefficient (Wildman–Crippen LogP) is 3.58. The molecule has 1 amide bonds. The number of sulfone groups is 1. The summed E-state index contributed by atoms with van der Waals surface area (Å²) >= 11 is 5.88. The maximum atomic E-state index is 12.5. The fourth-order valence-corrected chi connectivity index (χ4v) is 2.95. The van der Waals surface area contributed by atoms with E-state index in [2.05, 4.69) is 0 Å². The number of hydrogen-bond acceptors (Lipinski definition) is 3. The standard InChI is InChI=1S/C17H18ClNO3S/c1-12(13-4-8-15(18)9-5-13)19(2)17(20)14-6-10-16(11-7-14)23(3,21)22/h4-12H,1-3H3/t12-/m1/s1. The summed E-state index contributed by atoms with van der Waals surface area (Å²) in [5.41, 5.74) is 1.42. The Labute approximate surface area is 141 Å². The van der Waals surface area contributed by atoms with Crippen molar-refractivity contribution in [1.82, 2.24) is 4.90 Å². The number of benzene rings is 2. The molecule has 1 atom stereocenters. The van der Waals surface area contributed by atoms with Gasteiger partial charge in [0.2, 0.25) is 0 Å². The molecule has 0 bridgehead atoms. The zero-order valence-electron chi connectivity index (χ0n) is 13.2. The van der Waals surface area contributed by atoms with Crippen molar-refractivity contribution in [3.05, 3.63) is 64.7 Å². The molecule has 0 aromatic heterocycles. The van der Waals surface area contributed by atoms with Crippen molar-refractivity contribution in [2.45, 2.75) is 17.9 Å². The molecule has 0 saturated carbocycles. The first-order valence-corrected chi connectivity index (χ1v) is 9.30. The van der Waals surface area contributed by atoms with Gasteiger partial charge in [-0.3, -0.25) is 4.79 Å². The van der Waals surface area contributed by atoms with Gasteiger partial charge in [0.05, 0.1) is 10.9 Å². The Balaban J connectivity index is 2.20. The highest BCUT2D eigenvalue weighted by molar-refractivity contribution is 7.90. The molecule has 2 rings (SSSR count). The van der Waals surface area contributed by atoms with Crippen molar-refractivity contribution < 1.29 is 13.2 Å². The maximum Gasteiger partial charge on any atom is 0.254 e. The minimum absolute atomic E-state index is 0.130. The fraction of sp³-hybridized carbons (Fsp3) is 0.235. The molecule has 0 N–H and O–H groups in total. The molecule has 0 unspecified atom stereocenters. The van der Waals surface area contributed by atoms with Crippen LogP contribution in [0.5, 0.6) is 0 Å². The first-order chi connectivity index (χ1) is 10.7. The van der Waals surface area contributed by atoms with Gasteiger partial charge in [-0.1, -0.05) is 23.7 Å². The Hall–Kier alpha value is -1.85. The second-order valence-electron chi connectivity index (χ2n) is 5.44. The van der Waals surface area contributed by atoms with Gasteiger partial charge in [-0.05, 0) is 48.9 Å². The van der Waals surface area contributed by atoms with Crippen LogP contribution in [0.3, 0.4) is 0 Å². The van der Waals surface area contributed by atoms with Gasteiger partial charge in [-0.2, -0.15) is 0 Å². The van der Waals surface area contributed by atoms with E-state index < -0.39 is 9.84 Å². The van der Waals surface area contributed by atoms with E-state index in [9.17, 15) is 13.2 Å². The molecule has 2 aromatic rings. The van der Waals surface area contributed by atoms with E-state index in [0.717, 1.165) is 11.8 Å². The van der Waals surface area contributed by atoms with Crippen LogP contribution in [0.4, 0.5) is 0 Å². The van der Waals surface area contributed by atoms with Crippen molar-refractivity contribution >= 4 is 27.3 Å². The summed E-state index contributed by atoms with van der Waals surface area (Å²) in [6.07, 6.45) is 1.14. The minimum Gasteiger partial charge on any atom is -0.335 e. The maximum absolute atomic E-state index is 12.5. The van der Waals surface area contributed by atoms with Gasteiger partial charge in [-0.15, -0.1) is 0 Å². The third-order valence-electron chi connectivity index (χ3n) is 3.78. The van der Waals surface area contributed by atoms with Crippen molar-refractivity contribution in [3.8, 4) is 0 Å². The van der Waals surface area contributed by atoms with Gasteiger partial charge in [0.1, 0.15) is 0 Å². The van der Waals surface area contributed by atoms with Crippen molar-refractivity contribution in [2.24, 2.45) is 0 Å². The van der Waals surface area contributed by atoms with Gasteiger partial charge in [-0.25, -0.2) is 8.42 Å². The molecular weight excluding hydrogens is 334 g/mol. The van der Waals surface area contributed by atoms with Crippen molar-refractivity contribution in [3.63, 3.8) is 0 Å². The second kappa shape index (κ2) is 6.72. The normalized spacial score (nSPS) is 12.7. The van der Waals surface area contributed by atoms with E-state index in [1.165, 1.54) is 24.3 Å². The second-order valence-corrected chi connectivity index (χ2v) is 7.89. The van der Waals surface area contributed by atoms with Crippen molar-refractivity contribution in [1.29, 1.82) is 0 Å². The minimum atomic E-state index is -3.27. The molecule has 0 saturated heterocycles. The third-order valence-corrected chi connectivity index (χ3v) is 5.16. The average Bonchev–Trinajstić information content (AvgIpc) is 2.53. The van der Waals surface area contributed by atoms with E-state index in [1.54, 1.807) is 24.1 Å². The van der Waals surface area contributed by atoms with E-state index >= 15 is 0 Å². The van der Waals surface area contributed by atoms with Gasteiger partial charge < -0.3 is 4.90 Å². The topological polar surface area (TPSA) is 54.5 Å². The molecule has 0 spiro atoms. The Kier molecular flexibility index (Phi) is 5.12. The summed E-state index contributed by atoms with van der Waals surface area (Å²) in [5, 5.41) is 0.645. The lowest BCUT2D eigenvalue weighted by Crippen LogP contribution is -2.29. The van der Waals surface area contributed by atoms with Gasteiger partial charge in [0, 0.05) is 23.9 Å². The van der Waals surface area contributed by atoms with Gasteiger partial charge >= 0.3 is 0 Å². The number of halogens is 1. The van der Waals surface area contributed by atoms with Crippen LogP contribution in [-0.2, 0) is 9.84 Å². The number of carbonyl (C=O) groups excluding carboxylic acids is 1. The summed E-state index contributed by atoms with van der Waals surface area (Å²) < 4.78 is 22.9. The first kappa shape index (κ1) is 17.5.